The van der Waals surface area contributed by atoms with Crippen LogP contribution in [0.2, 0.25) is 0 Å². The number of rotatable bonds is 2. The molecule has 2 heterocycles. The van der Waals surface area contributed by atoms with Crippen molar-refractivity contribution in [1.82, 2.24) is 0 Å². The third-order valence-corrected chi connectivity index (χ3v) is 6.23. The molecule has 3 aromatic carbocycles. The van der Waals surface area contributed by atoms with Crippen LogP contribution in [0.4, 0.5) is 0 Å². The number of hydrogen-bond donors (Lipinski definition) is 0. The van der Waals surface area contributed by atoms with Crippen molar-refractivity contribution in [2.45, 2.75) is 52.4 Å². The average molecular weight is 423 g/mol. The fraction of sp³-hybridized carbons (Fsp3) is 0.267. The molecule has 2 heteroatoms. The molecule has 2 aromatic heterocycles. The van der Waals surface area contributed by atoms with Gasteiger partial charge in [0.1, 0.15) is 22.7 Å². The Morgan fingerprint density at radius 3 is 1.12 bits per heavy atom. The summed E-state index contributed by atoms with van der Waals surface area (Å²) in [5, 5.41) is 2.10. The molecule has 0 N–H and O–H groups in total. The lowest BCUT2D eigenvalue weighted by atomic mass is 9.86. The third kappa shape index (κ3) is 3.75. The Morgan fingerprint density at radius 1 is 0.469 bits per heavy atom. The van der Waals surface area contributed by atoms with E-state index in [-0.39, 0.29) is 10.8 Å². The van der Waals surface area contributed by atoms with Crippen LogP contribution < -0.4 is 0 Å². The van der Waals surface area contributed by atoms with E-state index in [4.69, 9.17) is 8.83 Å². The highest BCUT2D eigenvalue weighted by molar-refractivity contribution is 5.96. The lowest BCUT2D eigenvalue weighted by Gasteiger charge is -2.18. The predicted octanol–water partition coefficient (Wildman–Crippen LogP) is 9.11. The zero-order valence-corrected chi connectivity index (χ0v) is 19.7. The Labute approximate surface area is 189 Å². The second-order valence-corrected chi connectivity index (χ2v) is 10.8. The SMILES string of the molecule is CC(C)(C)c1ccc(-c2cc3cc4oc(-c5ccc(C(C)(C)C)cc5)cc4cc3o2)cc1. The first-order valence-electron chi connectivity index (χ1n) is 11.3. The number of benzene rings is 3. The summed E-state index contributed by atoms with van der Waals surface area (Å²) >= 11 is 0. The largest absolute Gasteiger partial charge is 0.456 e. The number of furan rings is 2. The maximum atomic E-state index is 6.21. The van der Waals surface area contributed by atoms with Gasteiger partial charge in [0.25, 0.3) is 0 Å². The Bertz CT molecular complexity index is 1240. The topological polar surface area (TPSA) is 26.3 Å². The van der Waals surface area contributed by atoms with Crippen LogP contribution >= 0.6 is 0 Å². The quantitative estimate of drug-likeness (QED) is 0.283. The van der Waals surface area contributed by atoms with E-state index >= 15 is 0 Å². The second-order valence-electron chi connectivity index (χ2n) is 10.8. The fourth-order valence-electron chi connectivity index (χ4n) is 4.13. The summed E-state index contributed by atoms with van der Waals surface area (Å²) in [6.45, 7) is 13.4. The molecule has 0 atom stereocenters. The van der Waals surface area contributed by atoms with Crippen molar-refractivity contribution in [3.8, 4) is 22.6 Å². The maximum Gasteiger partial charge on any atom is 0.135 e. The van der Waals surface area contributed by atoms with Gasteiger partial charge in [-0.2, -0.15) is 0 Å². The molecule has 0 fully saturated rings. The Balaban J connectivity index is 1.48. The molecule has 0 aliphatic carbocycles. The molecule has 32 heavy (non-hydrogen) atoms. The van der Waals surface area contributed by atoms with Gasteiger partial charge in [0.15, 0.2) is 0 Å². The summed E-state index contributed by atoms with van der Waals surface area (Å²) in [5.74, 6) is 1.76. The molecule has 0 saturated carbocycles. The van der Waals surface area contributed by atoms with Crippen LogP contribution in [0.25, 0.3) is 44.6 Å². The highest BCUT2D eigenvalue weighted by Crippen LogP contribution is 2.35. The van der Waals surface area contributed by atoms with Gasteiger partial charge in [-0.15, -0.1) is 0 Å². The number of hydrogen-bond acceptors (Lipinski definition) is 2. The van der Waals surface area contributed by atoms with Crippen molar-refractivity contribution in [2.24, 2.45) is 0 Å². The summed E-state index contributed by atoms with van der Waals surface area (Å²) in [6, 6.07) is 25.7. The van der Waals surface area contributed by atoms with E-state index in [0.29, 0.717) is 0 Å². The van der Waals surface area contributed by atoms with E-state index in [0.717, 1.165) is 44.6 Å². The van der Waals surface area contributed by atoms with Gasteiger partial charge in [-0.05, 0) is 46.2 Å². The molecular weight excluding hydrogens is 392 g/mol. The van der Waals surface area contributed by atoms with Crippen LogP contribution in [0.1, 0.15) is 52.7 Å². The third-order valence-electron chi connectivity index (χ3n) is 6.23. The Kier molecular flexibility index (Phi) is 4.60. The van der Waals surface area contributed by atoms with Crippen LogP contribution in [0.15, 0.2) is 81.6 Å². The molecule has 0 aliphatic rings. The van der Waals surface area contributed by atoms with Gasteiger partial charge in [-0.25, -0.2) is 0 Å². The lowest BCUT2D eigenvalue weighted by Crippen LogP contribution is -2.10. The monoisotopic (exact) mass is 422 g/mol. The Hall–Kier alpha value is -3.26. The van der Waals surface area contributed by atoms with Gasteiger partial charge < -0.3 is 8.83 Å². The molecule has 5 rings (SSSR count). The Morgan fingerprint density at radius 2 is 0.812 bits per heavy atom. The molecular formula is C30H30O2. The minimum Gasteiger partial charge on any atom is -0.456 e. The van der Waals surface area contributed by atoms with Crippen LogP contribution in [-0.2, 0) is 10.8 Å². The molecule has 0 radical (unpaired) electrons. The first-order chi connectivity index (χ1) is 15.1. The maximum absolute atomic E-state index is 6.21. The average Bonchev–Trinajstić information content (AvgIpc) is 3.34. The van der Waals surface area contributed by atoms with E-state index in [9.17, 15) is 0 Å². The van der Waals surface area contributed by atoms with Crippen molar-refractivity contribution in [1.29, 1.82) is 0 Å². The summed E-state index contributed by atoms with van der Waals surface area (Å²) in [7, 11) is 0. The van der Waals surface area contributed by atoms with E-state index in [1.54, 1.807) is 0 Å². The fourth-order valence-corrected chi connectivity index (χ4v) is 4.13. The molecule has 162 valence electrons. The molecule has 2 nitrogen and oxygen atoms in total. The lowest BCUT2D eigenvalue weighted by molar-refractivity contribution is 0.589. The zero-order chi connectivity index (χ0) is 22.7. The minimum atomic E-state index is 0.141. The van der Waals surface area contributed by atoms with Gasteiger partial charge in [-0.3, -0.25) is 0 Å². The molecule has 0 spiro atoms. The van der Waals surface area contributed by atoms with Crippen molar-refractivity contribution in [3.05, 3.63) is 83.9 Å². The number of fused-ring (bicyclic) bond motifs is 2. The summed E-state index contributed by atoms with van der Waals surface area (Å²) in [5.41, 5.74) is 6.85. The van der Waals surface area contributed by atoms with Gasteiger partial charge in [0.05, 0.1) is 0 Å². The van der Waals surface area contributed by atoms with E-state index in [1.165, 1.54) is 11.1 Å². The van der Waals surface area contributed by atoms with Crippen LogP contribution in [0.3, 0.4) is 0 Å². The molecule has 0 unspecified atom stereocenters. The van der Waals surface area contributed by atoms with Gasteiger partial charge in [0, 0.05) is 21.9 Å². The first kappa shape index (κ1) is 20.6. The van der Waals surface area contributed by atoms with E-state index in [2.05, 4.69) is 114 Å². The van der Waals surface area contributed by atoms with Crippen molar-refractivity contribution >= 4 is 21.9 Å². The standard InChI is InChI=1S/C30H30O2/c1-29(2,3)23-11-7-19(8-12-23)25-15-21-17-28-22(18-27(21)31-25)16-26(32-28)20-9-13-24(14-10-20)30(4,5)6/h7-18H,1-6H3. The van der Waals surface area contributed by atoms with Crippen molar-refractivity contribution in [3.63, 3.8) is 0 Å². The van der Waals surface area contributed by atoms with Gasteiger partial charge >= 0.3 is 0 Å². The molecule has 0 amide bonds. The molecule has 5 aromatic rings. The van der Waals surface area contributed by atoms with Crippen LogP contribution in [0, 0.1) is 0 Å². The first-order valence-corrected chi connectivity index (χ1v) is 11.3. The normalized spacial score (nSPS) is 12.7. The predicted molar refractivity (Wildman–Crippen MR) is 134 cm³/mol. The molecule has 0 bridgehead atoms. The van der Waals surface area contributed by atoms with Crippen LogP contribution in [-0.4, -0.2) is 0 Å². The van der Waals surface area contributed by atoms with Gasteiger partial charge in [0.2, 0.25) is 0 Å². The minimum absolute atomic E-state index is 0.141. The van der Waals surface area contributed by atoms with E-state index < -0.39 is 0 Å². The summed E-state index contributed by atoms with van der Waals surface area (Å²) in [4.78, 5) is 0. The van der Waals surface area contributed by atoms with Gasteiger partial charge in [-0.1, -0.05) is 90.1 Å². The summed E-state index contributed by atoms with van der Waals surface area (Å²) in [6.07, 6.45) is 0. The summed E-state index contributed by atoms with van der Waals surface area (Å²) < 4.78 is 12.4. The molecule has 0 aliphatic heterocycles. The zero-order valence-electron chi connectivity index (χ0n) is 19.7. The van der Waals surface area contributed by atoms with E-state index in [1.807, 2.05) is 0 Å². The second kappa shape index (κ2) is 7.13. The highest BCUT2D eigenvalue weighted by Gasteiger charge is 2.16. The van der Waals surface area contributed by atoms with Crippen LogP contribution in [0.5, 0.6) is 0 Å². The smallest absolute Gasteiger partial charge is 0.135 e. The molecule has 0 saturated heterocycles. The van der Waals surface area contributed by atoms with Crippen molar-refractivity contribution < 1.29 is 8.83 Å². The highest BCUT2D eigenvalue weighted by atomic mass is 16.3. The van der Waals surface area contributed by atoms with Crippen molar-refractivity contribution in [2.75, 3.05) is 0 Å².